The van der Waals surface area contributed by atoms with E-state index in [1.54, 1.807) is 36.4 Å². The average molecular weight is 717 g/mol. The molecule has 52 heavy (non-hydrogen) atoms. The van der Waals surface area contributed by atoms with E-state index < -0.39 is 17.9 Å². The van der Waals surface area contributed by atoms with Crippen LogP contribution in [0.4, 0.5) is 0 Å². The Balaban J connectivity index is 1.46. The number of carbonyl (C=O) groups is 3. The van der Waals surface area contributed by atoms with Gasteiger partial charge in [0.1, 0.15) is 28.6 Å². The van der Waals surface area contributed by atoms with Crippen molar-refractivity contribution in [3.8, 4) is 23.0 Å². The summed E-state index contributed by atoms with van der Waals surface area (Å²) in [7, 11) is 0. The van der Waals surface area contributed by atoms with Gasteiger partial charge in [-0.25, -0.2) is 14.4 Å². The topological polar surface area (TPSA) is 107 Å². The van der Waals surface area contributed by atoms with E-state index in [2.05, 4.69) is 20.4 Å². The van der Waals surface area contributed by atoms with Crippen LogP contribution in [0.15, 0.2) is 79.4 Å². The predicted octanol–water partition coefficient (Wildman–Crippen LogP) is 10.0. The average Bonchev–Trinajstić information content (AvgIpc) is 3.16. The van der Waals surface area contributed by atoms with Crippen LogP contribution in [-0.2, 0) is 14.3 Å². The van der Waals surface area contributed by atoms with Crippen LogP contribution in [0.1, 0.15) is 117 Å². The number of hydrogen-bond acceptors (Lipinski definition) is 9. The molecule has 0 bridgehead atoms. The van der Waals surface area contributed by atoms with Crippen molar-refractivity contribution in [2.75, 3.05) is 33.0 Å². The molecule has 0 amide bonds. The van der Waals surface area contributed by atoms with Crippen molar-refractivity contribution in [2.24, 2.45) is 0 Å². The number of unbranched alkanes of at least 4 members (excludes halogenated alkanes) is 10. The Labute approximate surface area is 309 Å². The number of esters is 3. The molecule has 0 aliphatic rings. The van der Waals surface area contributed by atoms with Gasteiger partial charge >= 0.3 is 17.9 Å². The Morgan fingerprint density at radius 1 is 0.558 bits per heavy atom. The van der Waals surface area contributed by atoms with Gasteiger partial charge in [-0.3, -0.25) is 0 Å². The van der Waals surface area contributed by atoms with Gasteiger partial charge in [0.25, 0.3) is 0 Å². The zero-order chi connectivity index (χ0) is 37.2. The number of rotatable bonds is 27. The van der Waals surface area contributed by atoms with Crippen molar-refractivity contribution in [3.63, 3.8) is 0 Å². The molecule has 3 rings (SSSR count). The maximum absolute atomic E-state index is 13.2. The Bertz CT molecular complexity index is 1480. The molecule has 0 unspecified atom stereocenters. The standard InChI is InChI=1S/C43H56O9/c1-4-6-7-8-17-32-51-43(46)39-33-38(26-27-40(39)49-30-15-11-9-13-28-47-36-22-18-34(3)19-23-36)52-42(45)35-20-24-37(25-21-35)48-29-14-10-12-16-31-50-41(44)5-2/h5,18-27,33H,2,4,6-17,28-32H2,1,3H3. The molecule has 3 aromatic carbocycles. The first kappa shape index (κ1) is 41.6. The van der Waals surface area contributed by atoms with E-state index in [-0.39, 0.29) is 11.3 Å². The molecule has 0 saturated heterocycles. The normalized spacial score (nSPS) is 10.7. The molecule has 3 aromatic rings. The first-order valence-electron chi connectivity index (χ1n) is 18.8. The van der Waals surface area contributed by atoms with Crippen LogP contribution in [0.5, 0.6) is 23.0 Å². The zero-order valence-corrected chi connectivity index (χ0v) is 31.0. The number of carbonyl (C=O) groups excluding carboxylic acids is 3. The van der Waals surface area contributed by atoms with E-state index in [9.17, 15) is 14.4 Å². The highest BCUT2D eigenvalue weighted by Crippen LogP contribution is 2.27. The van der Waals surface area contributed by atoms with Crippen LogP contribution in [-0.4, -0.2) is 50.9 Å². The van der Waals surface area contributed by atoms with Crippen molar-refractivity contribution in [1.29, 1.82) is 0 Å². The summed E-state index contributed by atoms with van der Waals surface area (Å²) in [5.74, 6) is 0.688. The van der Waals surface area contributed by atoms with E-state index >= 15 is 0 Å². The summed E-state index contributed by atoms with van der Waals surface area (Å²) < 4.78 is 33.9. The molecule has 0 saturated carbocycles. The molecule has 0 atom stereocenters. The molecule has 0 fully saturated rings. The van der Waals surface area contributed by atoms with E-state index in [0.717, 1.165) is 95.3 Å². The summed E-state index contributed by atoms with van der Waals surface area (Å²) in [6.45, 7) is 9.93. The van der Waals surface area contributed by atoms with Crippen LogP contribution in [0.3, 0.4) is 0 Å². The van der Waals surface area contributed by atoms with Crippen LogP contribution >= 0.6 is 0 Å². The van der Waals surface area contributed by atoms with E-state index in [0.29, 0.717) is 50.1 Å². The second-order valence-corrected chi connectivity index (χ2v) is 12.7. The van der Waals surface area contributed by atoms with Crippen LogP contribution in [0.25, 0.3) is 0 Å². The van der Waals surface area contributed by atoms with E-state index in [4.69, 9.17) is 28.4 Å². The van der Waals surface area contributed by atoms with Gasteiger partial charge in [0, 0.05) is 6.08 Å². The third-order valence-electron chi connectivity index (χ3n) is 8.26. The number of benzene rings is 3. The lowest BCUT2D eigenvalue weighted by atomic mass is 10.1. The SMILES string of the molecule is C=CC(=O)OCCCCCCOc1ccc(C(=O)Oc2ccc(OCCCCCCOc3ccc(C)cc3)c(C(=O)OCCCCCCC)c2)cc1. The molecular formula is C43H56O9. The second-order valence-electron chi connectivity index (χ2n) is 12.7. The summed E-state index contributed by atoms with van der Waals surface area (Å²) in [5.41, 5.74) is 1.78. The summed E-state index contributed by atoms with van der Waals surface area (Å²) in [6.07, 6.45) is 13.6. The molecule has 0 aliphatic carbocycles. The minimum atomic E-state index is -0.557. The van der Waals surface area contributed by atoms with E-state index in [1.165, 1.54) is 11.6 Å². The van der Waals surface area contributed by atoms with Gasteiger partial charge < -0.3 is 28.4 Å². The lowest BCUT2D eigenvalue weighted by Crippen LogP contribution is -2.12. The van der Waals surface area contributed by atoms with Gasteiger partial charge in [-0.1, -0.05) is 56.9 Å². The quantitative estimate of drug-likeness (QED) is 0.0330. The third-order valence-corrected chi connectivity index (χ3v) is 8.26. The molecule has 9 nitrogen and oxygen atoms in total. The van der Waals surface area contributed by atoms with Gasteiger partial charge in [-0.15, -0.1) is 0 Å². The van der Waals surface area contributed by atoms with Crippen molar-refractivity contribution in [3.05, 3.63) is 96.1 Å². The monoisotopic (exact) mass is 716 g/mol. The smallest absolute Gasteiger partial charge is 0.343 e. The Hall–Kier alpha value is -4.79. The molecule has 0 spiro atoms. The highest BCUT2D eigenvalue weighted by Gasteiger charge is 2.18. The largest absolute Gasteiger partial charge is 0.494 e. The number of ether oxygens (including phenoxy) is 6. The molecule has 282 valence electrons. The van der Waals surface area contributed by atoms with Crippen LogP contribution in [0, 0.1) is 6.92 Å². The summed E-state index contributed by atoms with van der Waals surface area (Å²) in [4.78, 5) is 37.2. The lowest BCUT2D eigenvalue weighted by Gasteiger charge is -2.13. The first-order chi connectivity index (χ1) is 25.4. The van der Waals surface area contributed by atoms with E-state index in [1.807, 2.05) is 24.3 Å². The fourth-order valence-corrected chi connectivity index (χ4v) is 5.20. The first-order valence-corrected chi connectivity index (χ1v) is 18.8. The minimum absolute atomic E-state index is 0.223. The van der Waals surface area contributed by atoms with Gasteiger partial charge in [0.15, 0.2) is 0 Å². The van der Waals surface area contributed by atoms with Gasteiger partial charge in [-0.05, 0) is 119 Å². The molecule has 0 N–H and O–H groups in total. The van der Waals surface area contributed by atoms with Crippen LogP contribution < -0.4 is 18.9 Å². The fourth-order valence-electron chi connectivity index (χ4n) is 5.20. The maximum atomic E-state index is 13.2. The predicted molar refractivity (Wildman–Crippen MR) is 203 cm³/mol. The maximum Gasteiger partial charge on any atom is 0.343 e. The zero-order valence-electron chi connectivity index (χ0n) is 31.0. The number of aryl methyl sites for hydroxylation is 1. The summed E-state index contributed by atoms with van der Waals surface area (Å²) in [6, 6.07) is 19.6. The highest BCUT2D eigenvalue weighted by atomic mass is 16.5. The van der Waals surface area contributed by atoms with Crippen molar-refractivity contribution in [1.82, 2.24) is 0 Å². The van der Waals surface area contributed by atoms with Crippen LogP contribution in [0.2, 0.25) is 0 Å². The Kier molecular flexibility index (Phi) is 20.2. The third kappa shape index (κ3) is 16.9. The molecule has 9 heteroatoms. The fraction of sp³-hybridized carbons (Fsp3) is 0.465. The van der Waals surface area contributed by atoms with Gasteiger partial charge in [0.05, 0.1) is 38.6 Å². The lowest BCUT2D eigenvalue weighted by molar-refractivity contribution is -0.137. The van der Waals surface area contributed by atoms with Crippen molar-refractivity contribution < 1.29 is 42.8 Å². The van der Waals surface area contributed by atoms with Crippen molar-refractivity contribution in [2.45, 2.75) is 97.3 Å². The highest BCUT2D eigenvalue weighted by molar-refractivity contribution is 5.94. The minimum Gasteiger partial charge on any atom is -0.494 e. The Morgan fingerprint density at radius 3 is 1.63 bits per heavy atom. The summed E-state index contributed by atoms with van der Waals surface area (Å²) >= 11 is 0. The number of hydrogen-bond donors (Lipinski definition) is 0. The van der Waals surface area contributed by atoms with Gasteiger partial charge in [0.2, 0.25) is 0 Å². The molecular weight excluding hydrogens is 660 g/mol. The molecule has 0 aromatic heterocycles. The molecule has 0 heterocycles. The van der Waals surface area contributed by atoms with Crippen molar-refractivity contribution >= 4 is 17.9 Å². The van der Waals surface area contributed by atoms with Gasteiger partial charge in [-0.2, -0.15) is 0 Å². The summed E-state index contributed by atoms with van der Waals surface area (Å²) in [5, 5.41) is 0. The second kappa shape index (κ2) is 25.2. The molecule has 0 aliphatic heterocycles. The molecule has 0 radical (unpaired) electrons. The Morgan fingerprint density at radius 2 is 1.06 bits per heavy atom.